The van der Waals surface area contributed by atoms with E-state index in [-0.39, 0.29) is 0 Å². The van der Waals surface area contributed by atoms with E-state index in [9.17, 15) is 0 Å². The summed E-state index contributed by atoms with van der Waals surface area (Å²) in [6.45, 7) is 6.37. The molecular formula is C14H19NS. The van der Waals surface area contributed by atoms with Crippen LogP contribution in [-0.2, 0) is 0 Å². The van der Waals surface area contributed by atoms with Crippen LogP contribution in [0, 0.1) is 0 Å². The lowest BCUT2D eigenvalue weighted by molar-refractivity contribution is 0.658. The van der Waals surface area contributed by atoms with Gasteiger partial charge in [0.15, 0.2) is 0 Å². The Morgan fingerprint density at radius 3 is 3.06 bits per heavy atom. The molecule has 1 aromatic carbocycles. The predicted octanol–water partition coefficient (Wildman–Crippen LogP) is 3.43. The highest BCUT2D eigenvalue weighted by Crippen LogP contribution is 2.38. The molecule has 2 rings (SSSR count). The third-order valence-corrected chi connectivity index (χ3v) is 4.10. The summed E-state index contributed by atoms with van der Waals surface area (Å²) >= 11 is 1.98. The zero-order valence-corrected chi connectivity index (χ0v) is 10.8. The Hall–Kier alpha value is -0.730. The summed E-state index contributed by atoms with van der Waals surface area (Å²) in [5, 5.41) is 3.51. The van der Waals surface area contributed by atoms with Gasteiger partial charge in [-0.1, -0.05) is 29.8 Å². The molecule has 0 fully saturated rings. The smallest absolute Gasteiger partial charge is 0.0137 e. The fourth-order valence-corrected chi connectivity index (χ4v) is 3.19. The molecule has 0 saturated carbocycles. The van der Waals surface area contributed by atoms with Crippen molar-refractivity contribution in [3.8, 4) is 0 Å². The van der Waals surface area contributed by atoms with Gasteiger partial charge in [-0.2, -0.15) is 0 Å². The largest absolute Gasteiger partial charge is 0.313 e. The minimum Gasteiger partial charge on any atom is -0.313 e. The fraction of sp³-hybridized carbons (Fsp3) is 0.429. The third-order valence-electron chi connectivity index (χ3n) is 2.84. The number of benzene rings is 1. The molecular weight excluding hydrogens is 214 g/mol. The summed E-state index contributed by atoms with van der Waals surface area (Å²) in [5.74, 6) is 1.91. The second kappa shape index (κ2) is 5.55. The van der Waals surface area contributed by atoms with Crippen LogP contribution in [0.4, 0.5) is 0 Å². The summed E-state index contributed by atoms with van der Waals surface area (Å²) in [6.07, 6.45) is 2.24. The SMILES string of the molecule is CC(C)=CCNCC1CSc2ccccc21. The molecule has 0 aliphatic carbocycles. The minimum absolute atomic E-state index is 0.687. The van der Waals surface area contributed by atoms with E-state index in [0.717, 1.165) is 13.1 Å². The topological polar surface area (TPSA) is 12.0 Å². The molecule has 16 heavy (non-hydrogen) atoms. The van der Waals surface area contributed by atoms with E-state index in [2.05, 4.69) is 49.5 Å². The molecule has 1 aliphatic heterocycles. The summed E-state index contributed by atoms with van der Waals surface area (Å²) in [4.78, 5) is 1.47. The van der Waals surface area contributed by atoms with Gasteiger partial charge in [-0.3, -0.25) is 0 Å². The first-order chi connectivity index (χ1) is 7.77. The van der Waals surface area contributed by atoms with Crippen molar-refractivity contribution in [2.45, 2.75) is 24.7 Å². The van der Waals surface area contributed by atoms with Crippen molar-refractivity contribution in [3.63, 3.8) is 0 Å². The first-order valence-corrected chi connectivity index (χ1v) is 6.81. The Kier molecular flexibility index (Phi) is 4.08. The van der Waals surface area contributed by atoms with Gasteiger partial charge in [0.1, 0.15) is 0 Å². The maximum absolute atomic E-state index is 3.51. The van der Waals surface area contributed by atoms with Crippen molar-refractivity contribution < 1.29 is 0 Å². The van der Waals surface area contributed by atoms with E-state index < -0.39 is 0 Å². The van der Waals surface area contributed by atoms with E-state index in [1.807, 2.05) is 11.8 Å². The van der Waals surface area contributed by atoms with Crippen LogP contribution in [0.2, 0.25) is 0 Å². The average molecular weight is 233 g/mol. The molecule has 1 N–H and O–H groups in total. The van der Waals surface area contributed by atoms with Gasteiger partial charge in [0.05, 0.1) is 0 Å². The first kappa shape index (κ1) is 11.7. The van der Waals surface area contributed by atoms with E-state index in [4.69, 9.17) is 0 Å². The van der Waals surface area contributed by atoms with Gasteiger partial charge >= 0.3 is 0 Å². The van der Waals surface area contributed by atoms with E-state index >= 15 is 0 Å². The lowest BCUT2D eigenvalue weighted by Gasteiger charge is -2.10. The Morgan fingerprint density at radius 2 is 2.25 bits per heavy atom. The Balaban J connectivity index is 1.87. The predicted molar refractivity (Wildman–Crippen MR) is 72.2 cm³/mol. The van der Waals surface area contributed by atoms with Crippen LogP contribution in [0.5, 0.6) is 0 Å². The van der Waals surface area contributed by atoms with Gasteiger partial charge < -0.3 is 5.32 Å². The molecule has 1 heterocycles. The second-order valence-corrected chi connectivity index (χ2v) is 5.55. The third kappa shape index (κ3) is 2.89. The summed E-state index contributed by atoms with van der Waals surface area (Å²) in [7, 11) is 0. The normalized spacial score (nSPS) is 18.2. The molecule has 0 aromatic heterocycles. The van der Waals surface area contributed by atoms with E-state index in [1.165, 1.54) is 21.8 Å². The van der Waals surface area contributed by atoms with Crippen LogP contribution >= 0.6 is 11.8 Å². The molecule has 0 radical (unpaired) electrons. The summed E-state index contributed by atoms with van der Waals surface area (Å²) < 4.78 is 0. The van der Waals surface area contributed by atoms with Gasteiger partial charge in [0.2, 0.25) is 0 Å². The first-order valence-electron chi connectivity index (χ1n) is 5.83. The number of thioether (sulfide) groups is 1. The van der Waals surface area contributed by atoms with Gasteiger partial charge in [-0.25, -0.2) is 0 Å². The number of allylic oxidation sites excluding steroid dienone is 1. The maximum atomic E-state index is 3.51. The molecule has 0 spiro atoms. The molecule has 0 bridgehead atoms. The zero-order chi connectivity index (χ0) is 11.4. The van der Waals surface area contributed by atoms with Gasteiger partial charge in [-0.15, -0.1) is 11.8 Å². The van der Waals surface area contributed by atoms with Crippen molar-refractivity contribution >= 4 is 11.8 Å². The zero-order valence-electron chi connectivity index (χ0n) is 9.99. The highest BCUT2D eigenvalue weighted by molar-refractivity contribution is 7.99. The Labute approximate surface area is 102 Å². The number of hydrogen-bond donors (Lipinski definition) is 1. The van der Waals surface area contributed by atoms with E-state index in [0.29, 0.717) is 5.92 Å². The van der Waals surface area contributed by atoms with Crippen LogP contribution in [0.15, 0.2) is 40.8 Å². The molecule has 1 nitrogen and oxygen atoms in total. The second-order valence-electron chi connectivity index (χ2n) is 4.49. The summed E-state index contributed by atoms with van der Waals surface area (Å²) in [6, 6.07) is 8.78. The van der Waals surface area contributed by atoms with Crippen LogP contribution in [-0.4, -0.2) is 18.8 Å². The monoisotopic (exact) mass is 233 g/mol. The van der Waals surface area contributed by atoms with Gasteiger partial charge in [0.25, 0.3) is 0 Å². The lowest BCUT2D eigenvalue weighted by atomic mass is 10.0. The number of fused-ring (bicyclic) bond motifs is 1. The van der Waals surface area contributed by atoms with E-state index in [1.54, 1.807) is 0 Å². The van der Waals surface area contributed by atoms with Crippen molar-refractivity contribution in [1.29, 1.82) is 0 Å². The van der Waals surface area contributed by atoms with Crippen molar-refractivity contribution in [2.24, 2.45) is 0 Å². The minimum atomic E-state index is 0.687. The van der Waals surface area contributed by atoms with Gasteiger partial charge in [-0.05, 0) is 25.5 Å². The van der Waals surface area contributed by atoms with Crippen molar-refractivity contribution in [2.75, 3.05) is 18.8 Å². The number of nitrogens with one attached hydrogen (secondary N) is 1. The lowest BCUT2D eigenvalue weighted by Crippen LogP contribution is -2.21. The molecule has 0 amide bonds. The van der Waals surface area contributed by atoms with Gasteiger partial charge in [0, 0.05) is 29.7 Å². The molecule has 1 aliphatic rings. The highest BCUT2D eigenvalue weighted by Gasteiger charge is 2.21. The molecule has 1 unspecified atom stereocenters. The fourth-order valence-electron chi connectivity index (χ4n) is 1.93. The molecule has 2 heteroatoms. The van der Waals surface area contributed by atoms with Crippen molar-refractivity contribution in [1.82, 2.24) is 5.32 Å². The van der Waals surface area contributed by atoms with Crippen LogP contribution in [0.3, 0.4) is 0 Å². The quantitative estimate of drug-likeness (QED) is 0.631. The standard InChI is InChI=1S/C14H19NS/c1-11(2)7-8-15-9-12-10-16-14-6-4-3-5-13(12)14/h3-7,12,15H,8-10H2,1-2H3. The summed E-state index contributed by atoms with van der Waals surface area (Å²) in [5.41, 5.74) is 2.91. The average Bonchev–Trinajstić information content (AvgIpc) is 2.68. The molecule has 1 aromatic rings. The highest BCUT2D eigenvalue weighted by atomic mass is 32.2. The maximum Gasteiger partial charge on any atom is 0.0137 e. The Bertz CT molecular complexity index is 380. The molecule has 86 valence electrons. The van der Waals surface area contributed by atoms with Crippen molar-refractivity contribution in [3.05, 3.63) is 41.5 Å². The van der Waals surface area contributed by atoms with Crippen LogP contribution < -0.4 is 5.32 Å². The van der Waals surface area contributed by atoms with Crippen LogP contribution in [0.1, 0.15) is 25.3 Å². The molecule has 1 atom stereocenters. The number of rotatable bonds is 4. The van der Waals surface area contributed by atoms with Crippen LogP contribution in [0.25, 0.3) is 0 Å². The Morgan fingerprint density at radius 1 is 1.44 bits per heavy atom. The number of hydrogen-bond acceptors (Lipinski definition) is 2. The molecule has 0 saturated heterocycles.